The Balaban J connectivity index is 1.95. The maximum absolute atomic E-state index is 10.7. The number of thiol groups is 1. The second kappa shape index (κ2) is 9.16. The summed E-state index contributed by atoms with van der Waals surface area (Å²) < 4.78 is 0. The minimum atomic E-state index is -0.107. The van der Waals surface area contributed by atoms with E-state index in [4.69, 9.17) is 0 Å². The summed E-state index contributed by atoms with van der Waals surface area (Å²) in [5.74, 6) is 1.14. The molecule has 0 saturated heterocycles. The average molecular weight is 409 g/mol. The third-order valence-electron chi connectivity index (χ3n) is 5.46. The Kier molecular flexibility index (Phi) is 6.86. The number of hydrogen-bond acceptors (Lipinski definition) is 2. The van der Waals surface area contributed by atoms with E-state index in [9.17, 15) is 5.11 Å². The van der Waals surface area contributed by atoms with Gasteiger partial charge in [0.25, 0.3) is 0 Å². The van der Waals surface area contributed by atoms with Crippen LogP contribution in [0.15, 0.2) is 66.7 Å². The molecule has 3 aromatic carbocycles. The van der Waals surface area contributed by atoms with Crippen LogP contribution in [0, 0.1) is 6.92 Å². The lowest BCUT2D eigenvalue weighted by Crippen LogP contribution is -2.20. The molecule has 2 atom stereocenters. The Morgan fingerprint density at radius 2 is 1.71 bits per heavy atom. The van der Waals surface area contributed by atoms with Crippen LogP contribution in [-0.2, 0) is 17.3 Å². The molecule has 3 rings (SSSR count). The number of aryl methyl sites for hydroxylation is 1. The summed E-state index contributed by atoms with van der Waals surface area (Å²) in [6.07, 6.45) is 1.84. The van der Waals surface area contributed by atoms with Gasteiger partial charge in [0.15, 0.2) is 0 Å². The molecule has 0 radical (unpaired) electrons. The van der Waals surface area contributed by atoms with Gasteiger partial charge >= 0.3 is 0 Å². The van der Waals surface area contributed by atoms with Gasteiger partial charge in [-0.3, -0.25) is 0 Å². The van der Waals surface area contributed by atoms with Crippen molar-refractivity contribution in [2.45, 2.75) is 44.5 Å². The van der Waals surface area contributed by atoms with E-state index in [0.717, 1.165) is 24.2 Å². The molecule has 0 aliphatic heterocycles. The van der Waals surface area contributed by atoms with Crippen molar-refractivity contribution in [3.8, 4) is 5.75 Å². The van der Waals surface area contributed by atoms with E-state index >= 15 is 0 Å². The fourth-order valence-corrected chi connectivity index (χ4v) is 5.59. The molecular weight excluding hydrogens is 379 g/mol. The van der Waals surface area contributed by atoms with Gasteiger partial charge in [-0.15, -0.1) is 0 Å². The summed E-state index contributed by atoms with van der Waals surface area (Å²) in [6.45, 7) is 6.61. The van der Waals surface area contributed by atoms with Gasteiger partial charge in [-0.05, 0) is 47.8 Å². The first-order valence-corrected chi connectivity index (χ1v) is 11.4. The van der Waals surface area contributed by atoms with E-state index < -0.39 is 0 Å². The minimum Gasteiger partial charge on any atom is -0.508 e. The SMILES string of the molecule is CCC(C)(Pc1ccc(C)cc1CS)c1cc(Cc2ccccc2)ccc1O. The van der Waals surface area contributed by atoms with Crippen molar-refractivity contribution in [2.75, 3.05) is 0 Å². The molecule has 0 amide bonds. The van der Waals surface area contributed by atoms with Gasteiger partial charge in [-0.1, -0.05) is 88.7 Å². The number of phenolic OH excluding ortho intramolecular Hbond substituents is 1. The van der Waals surface area contributed by atoms with Gasteiger partial charge in [0.2, 0.25) is 0 Å². The summed E-state index contributed by atoms with van der Waals surface area (Å²) >= 11 is 4.54. The van der Waals surface area contributed by atoms with E-state index in [1.165, 1.54) is 27.6 Å². The molecule has 0 bridgehead atoms. The Morgan fingerprint density at radius 1 is 0.964 bits per heavy atom. The summed E-state index contributed by atoms with van der Waals surface area (Å²) in [4.78, 5) is 0. The predicted molar refractivity (Wildman–Crippen MR) is 127 cm³/mol. The summed E-state index contributed by atoms with van der Waals surface area (Å²) in [5, 5.41) is 11.9. The molecule has 1 nitrogen and oxygen atoms in total. The third kappa shape index (κ3) is 4.80. The molecule has 0 heterocycles. The van der Waals surface area contributed by atoms with Crippen molar-refractivity contribution >= 4 is 26.5 Å². The van der Waals surface area contributed by atoms with E-state index in [1.807, 2.05) is 18.2 Å². The molecule has 146 valence electrons. The Bertz CT molecular complexity index is 939. The highest BCUT2D eigenvalue weighted by Gasteiger charge is 2.29. The van der Waals surface area contributed by atoms with Crippen molar-refractivity contribution in [3.63, 3.8) is 0 Å². The minimum absolute atomic E-state index is 0.107. The number of phenols is 1. The molecule has 2 unspecified atom stereocenters. The first-order chi connectivity index (χ1) is 13.4. The summed E-state index contributed by atoms with van der Waals surface area (Å²) in [7, 11) is 0.580. The lowest BCUT2D eigenvalue weighted by molar-refractivity contribution is 0.456. The highest BCUT2D eigenvalue weighted by molar-refractivity contribution is 7.79. The Morgan fingerprint density at radius 3 is 2.39 bits per heavy atom. The summed E-state index contributed by atoms with van der Waals surface area (Å²) in [6, 6.07) is 23.2. The third-order valence-corrected chi connectivity index (χ3v) is 7.73. The van der Waals surface area contributed by atoms with E-state index in [-0.39, 0.29) is 5.16 Å². The molecule has 3 heteroatoms. The highest BCUT2D eigenvalue weighted by atomic mass is 32.1. The number of benzene rings is 3. The predicted octanol–water partition coefficient (Wildman–Crippen LogP) is 6.35. The van der Waals surface area contributed by atoms with Gasteiger partial charge in [0.1, 0.15) is 5.75 Å². The summed E-state index contributed by atoms with van der Waals surface area (Å²) in [5.41, 5.74) is 6.13. The monoisotopic (exact) mass is 408 g/mol. The number of hydrogen-bond donors (Lipinski definition) is 2. The molecule has 0 aliphatic carbocycles. The van der Waals surface area contributed by atoms with E-state index in [1.54, 1.807) is 0 Å². The van der Waals surface area contributed by atoms with Crippen LogP contribution in [0.2, 0.25) is 0 Å². The standard InChI is InChI=1S/C25H29OPS/c1-4-25(3,27-24-13-10-18(2)14-21(24)17-28)22-16-20(11-12-23(22)26)15-19-8-6-5-7-9-19/h5-14,16,26-28H,4,15,17H2,1-3H3. The molecule has 28 heavy (non-hydrogen) atoms. The van der Waals surface area contributed by atoms with Gasteiger partial charge in [-0.25, -0.2) is 0 Å². The van der Waals surface area contributed by atoms with Crippen LogP contribution >= 0.6 is 21.2 Å². The molecule has 3 aromatic rings. The Hall–Kier alpha value is -1.76. The van der Waals surface area contributed by atoms with Crippen LogP contribution in [0.3, 0.4) is 0 Å². The first kappa shape index (κ1) is 21.0. The largest absolute Gasteiger partial charge is 0.508 e. The van der Waals surface area contributed by atoms with Gasteiger partial charge in [-0.2, -0.15) is 12.6 Å². The average Bonchev–Trinajstić information content (AvgIpc) is 2.71. The molecule has 0 spiro atoms. The number of rotatable bonds is 7. The van der Waals surface area contributed by atoms with Gasteiger partial charge < -0.3 is 5.11 Å². The Labute approximate surface area is 176 Å². The lowest BCUT2D eigenvalue weighted by atomic mass is 9.93. The van der Waals surface area contributed by atoms with Crippen LogP contribution in [0.4, 0.5) is 0 Å². The van der Waals surface area contributed by atoms with Crippen molar-refractivity contribution in [1.29, 1.82) is 0 Å². The fourth-order valence-electron chi connectivity index (χ4n) is 3.59. The zero-order chi connectivity index (χ0) is 20.1. The fraction of sp³-hybridized carbons (Fsp3) is 0.280. The zero-order valence-corrected chi connectivity index (χ0v) is 18.8. The van der Waals surface area contributed by atoms with Crippen LogP contribution in [0.1, 0.15) is 48.1 Å². The number of aromatic hydroxyl groups is 1. The molecule has 0 aromatic heterocycles. The van der Waals surface area contributed by atoms with Crippen LogP contribution in [-0.4, -0.2) is 5.11 Å². The maximum atomic E-state index is 10.7. The normalized spacial score (nSPS) is 13.7. The molecule has 0 aliphatic rings. The van der Waals surface area contributed by atoms with E-state index in [0.29, 0.717) is 14.3 Å². The molecular formula is C25H29OPS. The van der Waals surface area contributed by atoms with Crippen LogP contribution in [0.5, 0.6) is 5.75 Å². The lowest BCUT2D eigenvalue weighted by Gasteiger charge is -2.31. The molecule has 0 fully saturated rings. The second-order valence-electron chi connectivity index (χ2n) is 7.64. The maximum Gasteiger partial charge on any atom is 0.119 e. The highest BCUT2D eigenvalue weighted by Crippen LogP contribution is 2.47. The second-order valence-corrected chi connectivity index (χ2v) is 9.85. The molecule has 1 N–H and O–H groups in total. The smallest absolute Gasteiger partial charge is 0.119 e. The van der Waals surface area contributed by atoms with E-state index in [2.05, 4.69) is 81.9 Å². The van der Waals surface area contributed by atoms with Crippen molar-refractivity contribution in [1.82, 2.24) is 0 Å². The first-order valence-electron chi connectivity index (χ1n) is 9.80. The van der Waals surface area contributed by atoms with Gasteiger partial charge in [0.05, 0.1) is 0 Å². The van der Waals surface area contributed by atoms with Crippen molar-refractivity contribution in [2.24, 2.45) is 0 Å². The zero-order valence-electron chi connectivity index (χ0n) is 16.9. The topological polar surface area (TPSA) is 20.2 Å². The van der Waals surface area contributed by atoms with Crippen LogP contribution < -0.4 is 5.30 Å². The van der Waals surface area contributed by atoms with Gasteiger partial charge in [0, 0.05) is 16.5 Å². The quantitative estimate of drug-likeness (QED) is 0.345. The van der Waals surface area contributed by atoms with Crippen molar-refractivity contribution in [3.05, 3.63) is 94.5 Å². The van der Waals surface area contributed by atoms with Crippen LogP contribution in [0.25, 0.3) is 0 Å². The molecule has 0 saturated carbocycles. The van der Waals surface area contributed by atoms with Crippen molar-refractivity contribution < 1.29 is 5.11 Å².